The van der Waals surface area contributed by atoms with Crippen LogP contribution in [0.1, 0.15) is 5.56 Å². The summed E-state index contributed by atoms with van der Waals surface area (Å²) in [6, 6.07) is 10.3. The fourth-order valence-electron chi connectivity index (χ4n) is 2.15. The van der Waals surface area contributed by atoms with Crippen LogP contribution >= 0.6 is 12.2 Å². The summed E-state index contributed by atoms with van der Waals surface area (Å²) in [6.07, 6.45) is 0. The third-order valence-electron chi connectivity index (χ3n) is 3.32. The second-order valence-electron chi connectivity index (χ2n) is 4.85. The number of thiocarbonyl (C=S) groups is 1. The van der Waals surface area contributed by atoms with Crippen molar-refractivity contribution < 1.29 is 13.9 Å². The lowest BCUT2D eigenvalue weighted by Gasteiger charge is -2.19. The number of halogens is 1. The van der Waals surface area contributed by atoms with Crippen molar-refractivity contribution in [2.24, 2.45) is 0 Å². The predicted octanol–water partition coefficient (Wildman–Crippen LogP) is 3.71. The third-order valence-corrected chi connectivity index (χ3v) is 3.52. The van der Waals surface area contributed by atoms with Gasteiger partial charge in [0, 0.05) is 23.0 Å². The fraction of sp³-hybridized carbons (Fsp3) is 0.188. The molecule has 0 unspecified atom stereocenters. The van der Waals surface area contributed by atoms with E-state index in [1.807, 2.05) is 18.2 Å². The monoisotopic (exact) mass is 318 g/mol. The van der Waals surface area contributed by atoms with Crippen molar-refractivity contribution in [3.8, 4) is 11.5 Å². The van der Waals surface area contributed by atoms with Crippen LogP contribution in [0.3, 0.4) is 0 Å². The normalized spacial score (nSPS) is 12.6. The molecule has 22 heavy (non-hydrogen) atoms. The van der Waals surface area contributed by atoms with E-state index in [0.29, 0.717) is 35.3 Å². The summed E-state index contributed by atoms with van der Waals surface area (Å²) in [7, 11) is 0. The van der Waals surface area contributed by atoms with Crippen LogP contribution in [0, 0.1) is 12.7 Å². The van der Waals surface area contributed by atoms with E-state index < -0.39 is 0 Å². The first kappa shape index (κ1) is 14.6. The van der Waals surface area contributed by atoms with Gasteiger partial charge < -0.3 is 20.1 Å². The minimum absolute atomic E-state index is 0.271. The van der Waals surface area contributed by atoms with Crippen LogP contribution in [0.5, 0.6) is 11.5 Å². The number of hydrogen-bond donors (Lipinski definition) is 2. The van der Waals surface area contributed by atoms with E-state index in [-0.39, 0.29) is 5.82 Å². The molecule has 0 spiro atoms. The van der Waals surface area contributed by atoms with Crippen molar-refractivity contribution in [3.05, 3.63) is 47.8 Å². The lowest BCUT2D eigenvalue weighted by atomic mass is 10.2. The van der Waals surface area contributed by atoms with Crippen LogP contribution in [-0.2, 0) is 0 Å². The molecule has 1 heterocycles. The molecule has 0 saturated heterocycles. The van der Waals surface area contributed by atoms with Gasteiger partial charge in [0.2, 0.25) is 0 Å². The van der Waals surface area contributed by atoms with Gasteiger partial charge in [0.1, 0.15) is 19.0 Å². The van der Waals surface area contributed by atoms with Gasteiger partial charge in [0.15, 0.2) is 16.6 Å². The van der Waals surface area contributed by atoms with Crippen LogP contribution in [-0.4, -0.2) is 18.3 Å². The molecule has 2 N–H and O–H groups in total. The number of ether oxygens (including phenoxy) is 2. The van der Waals surface area contributed by atoms with E-state index in [9.17, 15) is 4.39 Å². The Morgan fingerprint density at radius 2 is 1.86 bits per heavy atom. The number of fused-ring (bicyclic) bond motifs is 1. The van der Waals surface area contributed by atoms with Gasteiger partial charge in [0.25, 0.3) is 0 Å². The zero-order chi connectivity index (χ0) is 15.5. The molecule has 0 aromatic heterocycles. The molecular weight excluding hydrogens is 303 g/mol. The molecular formula is C16H15FN2O2S. The van der Waals surface area contributed by atoms with Crippen molar-refractivity contribution in [1.29, 1.82) is 0 Å². The standard InChI is InChI=1S/C16H15FN2O2S/c1-10-12(17)3-2-4-13(10)19-16(22)18-11-5-6-14-15(9-11)21-8-7-20-14/h2-6,9H,7-8H2,1H3,(H2,18,19,22). The zero-order valence-corrected chi connectivity index (χ0v) is 12.8. The Morgan fingerprint density at radius 1 is 1.09 bits per heavy atom. The molecule has 0 saturated carbocycles. The largest absolute Gasteiger partial charge is 0.486 e. The van der Waals surface area contributed by atoms with Crippen molar-refractivity contribution in [2.45, 2.75) is 6.92 Å². The lowest BCUT2D eigenvalue weighted by molar-refractivity contribution is 0.171. The van der Waals surface area contributed by atoms with E-state index >= 15 is 0 Å². The number of anilines is 2. The molecule has 4 nitrogen and oxygen atoms in total. The van der Waals surface area contributed by atoms with Crippen molar-refractivity contribution in [3.63, 3.8) is 0 Å². The van der Waals surface area contributed by atoms with E-state index in [1.54, 1.807) is 19.1 Å². The topological polar surface area (TPSA) is 42.5 Å². The Morgan fingerprint density at radius 3 is 2.68 bits per heavy atom. The summed E-state index contributed by atoms with van der Waals surface area (Å²) in [5.41, 5.74) is 1.93. The molecule has 3 rings (SSSR count). The Balaban J connectivity index is 1.70. The third kappa shape index (κ3) is 3.12. The summed E-state index contributed by atoms with van der Waals surface area (Å²) in [5.74, 6) is 1.13. The maximum atomic E-state index is 13.5. The molecule has 2 aromatic rings. The first-order valence-electron chi connectivity index (χ1n) is 6.86. The van der Waals surface area contributed by atoms with Crippen LogP contribution in [0.2, 0.25) is 0 Å². The molecule has 0 amide bonds. The van der Waals surface area contributed by atoms with Gasteiger partial charge in [-0.3, -0.25) is 0 Å². The van der Waals surface area contributed by atoms with Gasteiger partial charge in [-0.05, 0) is 43.4 Å². The molecule has 2 aromatic carbocycles. The van der Waals surface area contributed by atoms with Crippen LogP contribution < -0.4 is 20.1 Å². The minimum atomic E-state index is -0.271. The van der Waals surface area contributed by atoms with Crippen LogP contribution in [0.4, 0.5) is 15.8 Å². The van der Waals surface area contributed by atoms with Crippen LogP contribution in [0.25, 0.3) is 0 Å². The predicted molar refractivity (Wildman–Crippen MR) is 88.4 cm³/mol. The molecule has 1 aliphatic heterocycles. The van der Waals surface area contributed by atoms with Gasteiger partial charge in [-0.1, -0.05) is 6.07 Å². The van der Waals surface area contributed by atoms with Gasteiger partial charge in [-0.15, -0.1) is 0 Å². The van der Waals surface area contributed by atoms with E-state index in [1.165, 1.54) is 6.07 Å². The second-order valence-corrected chi connectivity index (χ2v) is 5.26. The highest BCUT2D eigenvalue weighted by Gasteiger charge is 2.12. The summed E-state index contributed by atoms with van der Waals surface area (Å²) in [4.78, 5) is 0. The van der Waals surface area contributed by atoms with E-state index in [4.69, 9.17) is 21.7 Å². The van der Waals surface area contributed by atoms with Crippen LogP contribution in [0.15, 0.2) is 36.4 Å². The zero-order valence-electron chi connectivity index (χ0n) is 12.0. The van der Waals surface area contributed by atoms with E-state index in [2.05, 4.69) is 10.6 Å². The van der Waals surface area contributed by atoms with Crippen molar-refractivity contribution in [2.75, 3.05) is 23.8 Å². The number of rotatable bonds is 2. The Hall–Kier alpha value is -2.34. The molecule has 0 bridgehead atoms. The highest BCUT2D eigenvalue weighted by atomic mass is 32.1. The molecule has 6 heteroatoms. The summed E-state index contributed by atoms with van der Waals surface area (Å²) in [5, 5.41) is 6.42. The Kier molecular flexibility index (Phi) is 4.11. The summed E-state index contributed by atoms with van der Waals surface area (Å²) >= 11 is 5.26. The molecule has 114 valence electrons. The van der Waals surface area contributed by atoms with Gasteiger partial charge in [-0.25, -0.2) is 4.39 Å². The fourth-order valence-corrected chi connectivity index (χ4v) is 2.38. The molecule has 0 radical (unpaired) electrons. The van der Waals surface area contributed by atoms with Gasteiger partial charge in [0.05, 0.1) is 0 Å². The van der Waals surface area contributed by atoms with Gasteiger partial charge >= 0.3 is 0 Å². The van der Waals surface area contributed by atoms with Gasteiger partial charge in [-0.2, -0.15) is 0 Å². The van der Waals surface area contributed by atoms with E-state index in [0.717, 1.165) is 11.4 Å². The van der Waals surface area contributed by atoms with Crippen molar-refractivity contribution in [1.82, 2.24) is 0 Å². The lowest BCUT2D eigenvalue weighted by Crippen LogP contribution is -2.20. The Labute approximate surface area is 133 Å². The molecule has 1 aliphatic rings. The first-order chi connectivity index (χ1) is 10.6. The highest BCUT2D eigenvalue weighted by Crippen LogP contribution is 2.32. The summed E-state index contributed by atoms with van der Waals surface area (Å²) in [6.45, 7) is 2.78. The number of nitrogens with one attached hydrogen (secondary N) is 2. The number of hydrogen-bond acceptors (Lipinski definition) is 3. The average molecular weight is 318 g/mol. The molecule has 0 atom stereocenters. The SMILES string of the molecule is Cc1c(F)cccc1NC(=S)Nc1ccc2c(c1)OCCO2. The highest BCUT2D eigenvalue weighted by molar-refractivity contribution is 7.80. The maximum absolute atomic E-state index is 13.5. The summed E-state index contributed by atoms with van der Waals surface area (Å²) < 4.78 is 24.5. The molecule has 0 fully saturated rings. The quantitative estimate of drug-likeness (QED) is 0.826. The number of benzene rings is 2. The Bertz CT molecular complexity index is 721. The molecule has 0 aliphatic carbocycles. The van der Waals surface area contributed by atoms with Crippen molar-refractivity contribution >= 4 is 28.7 Å². The maximum Gasteiger partial charge on any atom is 0.175 e. The minimum Gasteiger partial charge on any atom is -0.486 e. The first-order valence-corrected chi connectivity index (χ1v) is 7.27. The smallest absolute Gasteiger partial charge is 0.175 e. The second kappa shape index (κ2) is 6.19. The average Bonchev–Trinajstić information content (AvgIpc) is 2.52.